The largest absolute Gasteiger partial charge is 0.493 e. The molecular formula is C51H50N4O8. The molecule has 5 aromatic carbocycles. The van der Waals surface area contributed by atoms with E-state index in [1.807, 2.05) is 107 Å². The number of para-hydroxylation sites is 2. The lowest BCUT2D eigenvalue weighted by atomic mass is 9.97. The molecule has 12 nitrogen and oxygen atoms in total. The average Bonchev–Trinajstić information content (AvgIpc) is 3.82. The first-order valence-electron chi connectivity index (χ1n) is 21.5. The van der Waals surface area contributed by atoms with E-state index in [2.05, 4.69) is 10.2 Å². The van der Waals surface area contributed by atoms with Gasteiger partial charge in [0.25, 0.3) is 11.8 Å². The molecule has 0 spiro atoms. The second-order valence-electron chi connectivity index (χ2n) is 17.2. The smallest absolute Gasteiger partial charge is 0.261 e. The number of methoxy groups -OCH3 is 1. The predicted molar refractivity (Wildman–Crippen MR) is 240 cm³/mol. The van der Waals surface area contributed by atoms with Gasteiger partial charge >= 0.3 is 0 Å². The van der Waals surface area contributed by atoms with E-state index in [1.165, 1.54) is 7.11 Å². The highest BCUT2D eigenvalue weighted by atomic mass is 16.5. The number of ketones is 2. The van der Waals surface area contributed by atoms with Gasteiger partial charge in [0.2, 0.25) is 5.91 Å². The van der Waals surface area contributed by atoms with Gasteiger partial charge in [-0.25, -0.2) is 0 Å². The van der Waals surface area contributed by atoms with Gasteiger partial charge in [0.15, 0.2) is 17.3 Å². The maximum Gasteiger partial charge on any atom is 0.261 e. The molecule has 4 heterocycles. The summed E-state index contributed by atoms with van der Waals surface area (Å²) in [5.74, 6) is 0.714. The number of carbonyl (C=O) groups excluding carboxylic acids is 5. The lowest BCUT2D eigenvalue weighted by molar-refractivity contribution is -0.122. The minimum atomic E-state index is -0.669. The molecule has 0 radical (unpaired) electrons. The molecule has 0 aromatic heterocycles. The Morgan fingerprint density at radius 3 is 2.03 bits per heavy atom. The molecule has 5 aromatic rings. The first-order valence-corrected chi connectivity index (χ1v) is 21.5. The molecule has 0 bridgehead atoms. The fraction of sp³-hybridized carbons (Fsp3) is 0.314. The van der Waals surface area contributed by atoms with Gasteiger partial charge in [-0.05, 0) is 95.3 Å². The Labute approximate surface area is 366 Å². The minimum Gasteiger partial charge on any atom is -0.493 e. The van der Waals surface area contributed by atoms with Crippen LogP contribution in [-0.2, 0) is 46.9 Å². The Bertz CT molecular complexity index is 2710. The van der Waals surface area contributed by atoms with Crippen molar-refractivity contribution in [2.45, 2.75) is 78.2 Å². The van der Waals surface area contributed by atoms with Crippen LogP contribution >= 0.6 is 0 Å². The molecule has 0 aliphatic carbocycles. The van der Waals surface area contributed by atoms with E-state index in [-0.39, 0.29) is 54.8 Å². The third-order valence-electron chi connectivity index (χ3n) is 12.7. The molecule has 12 heteroatoms. The van der Waals surface area contributed by atoms with Crippen molar-refractivity contribution in [2.75, 3.05) is 40.7 Å². The van der Waals surface area contributed by atoms with E-state index in [0.29, 0.717) is 71.9 Å². The first kappa shape index (κ1) is 41.4. The summed E-state index contributed by atoms with van der Waals surface area (Å²) in [5, 5.41) is 2.97. The van der Waals surface area contributed by atoms with Crippen molar-refractivity contribution < 1.29 is 38.2 Å². The number of nitrogens with one attached hydrogen (secondary N) is 1. The van der Waals surface area contributed by atoms with Crippen molar-refractivity contribution in [3.63, 3.8) is 0 Å². The number of amides is 3. The Balaban J connectivity index is 0.973. The number of anilines is 4. The SMILES string of the molecule is COc1cc2c(cc1OCc1cc(COc3cc4c(cc3C)C(=O)N3c5ccccc5C[C@H]3C(=O)C4)cc(N(C)CCCC(=O)C(C)C)c1)NC(=O)[C@@H]1Cc3ccccc3N1C2=O. The van der Waals surface area contributed by atoms with Crippen molar-refractivity contribution in [2.24, 2.45) is 5.92 Å². The topological polar surface area (TPSA) is 135 Å². The molecule has 2 atom stereocenters. The van der Waals surface area contributed by atoms with Gasteiger partial charge in [0.05, 0.1) is 18.4 Å². The number of Topliss-reactive ketones (excluding diaryl/α,β-unsaturated/α-hetero) is 2. The normalized spacial score (nSPS) is 17.2. The molecule has 3 amide bonds. The van der Waals surface area contributed by atoms with Gasteiger partial charge in [-0.3, -0.25) is 33.8 Å². The molecule has 0 saturated carbocycles. The highest BCUT2D eigenvalue weighted by Gasteiger charge is 2.43. The van der Waals surface area contributed by atoms with E-state index in [9.17, 15) is 24.0 Å². The van der Waals surface area contributed by atoms with Crippen LogP contribution in [0, 0.1) is 12.8 Å². The van der Waals surface area contributed by atoms with Crippen LogP contribution in [0.5, 0.6) is 17.2 Å². The van der Waals surface area contributed by atoms with Crippen LogP contribution in [-0.4, -0.2) is 62.1 Å². The van der Waals surface area contributed by atoms with Gasteiger partial charge in [0.1, 0.15) is 36.8 Å². The van der Waals surface area contributed by atoms with E-state index in [0.717, 1.165) is 44.9 Å². The van der Waals surface area contributed by atoms with E-state index in [4.69, 9.17) is 14.2 Å². The zero-order valence-corrected chi connectivity index (χ0v) is 36.2. The summed E-state index contributed by atoms with van der Waals surface area (Å²) >= 11 is 0. The highest BCUT2D eigenvalue weighted by molar-refractivity contribution is 6.20. The molecule has 0 unspecified atom stereocenters. The van der Waals surface area contributed by atoms with Crippen molar-refractivity contribution in [3.8, 4) is 17.2 Å². The summed E-state index contributed by atoms with van der Waals surface area (Å²) in [5.41, 5.74) is 8.60. The quantitative estimate of drug-likeness (QED) is 0.126. The van der Waals surface area contributed by atoms with Gasteiger partial charge in [-0.2, -0.15) is 0 Å². The van der Waals surface area contributed by atoms with Crippen molar-refractivity contribution in [1.82, 2.24) is 0 Å². The molecule has 1 N–H and O–H groups in total. The van der Waals surface area contributed by atoms with E-state index < -0.39 is 12.1 Å². The van der Waals surface area contributed by atoms with Crippen molar-refractivity contribution in [1.29, 1.82) is 0 Å². The number of aryl methyl sites for hydroxylation is 1. The number of nitrogens with zero attached hydrogens (tertiary/aromatic N) is 3. The summed E-state index contributed by atoms with van der Waals surface area (Å²) in [4.78, 5) is 72.9. The van der Waals surface area contributed by atoms with Crippen molar-refractivity contribution >= 4 is 52.0 Å². The zero-order chi connectivity index (χ0) is 44.1. The number of carbonyl (C=O) groups is 5. The lowest BCUT2D eigenvalue weighted by Crippen LogP contribution is -2.42. The molecular weight excluding hydrogens is 797 g/mol. The average molecular weight is 847 g/mol. The fourth-order valence-electron chi connectivity index (χ4n) is 9.23. The fourth-order valence-corrected chi connectivity index (χ4v) is 9.23. The molecule has 63 heavy (non-hydrogen) atoms. The van der Waals surface area contributed by atoms with Crippen LogP contribution in [0.4, 0.5) is 22.7 Å². The summed E-state index contributed by atoms with van der Waals surface area (Å²) in [6, 6.07) is 27.0. The molecule has 322 valence electrons. The zero-order valence-electron chi connectivity index (χ0n) is 36.2. The second-order valence-corrected chi connectivity index (χ2v) is 17.2. The minimum absolute atomic E-state index is 0.00483. The van der Waals surface area contributed by atoms with Crippen LogP contribution in [0.3, 0.4) is 0 Å². The number of ether oxygens (including phenoxy) is 3. The number of fused-ring (bicyclic) bond motifs is 8. The van der Waals surface area contributed by atoms with Crippen LogP contribution < -0.4 is 34.2 Å². The van der Waals surface area contributed by atoms with Gasteiger partial charge < -0.3 is 24.4 Å². The van der Waals surface area contributed by atoms with Gasteiger partial charge in [0, 0.05) is 73.9 Å². The first-order chi connectivity index (χ1) is 30.4. The Hall–Kier alpha value is -6.95. The lowest BCUT2D eigenvalue weighted by Gasteiger charge is -2.23. The third kappa shape index (κ3) is 7.79. The Morgan fingerprint density at radius 2 is 1.37 bits per heavy atom. The maximum atomic E-state index is 14.0. The molecule has 9 rings (SSSR count). The molecule has 4 aliphatic rings. The van der Waals surface area contributed by atoms with Crippen LogP contribution in [0.25, 0.3) is 0 Å². The number of hydrogen-bond donors (Lipinski definition) is 1. The Kier molecular flexibility index (Phi) is 11.0. The van der Waals surface area contributed by atoms with Crippen LogP contribution in [0.2, 0.25) is 0 Å². The monoisotopic (exact) mass is 846 g/mol. The summed E-state index contributed by atoms with van der Waals surface area (Å²) in [6.07, 6.45) is 2.23. The second kappa shape index (κ2) is 16.7. The number of rotatable bonds is 13. The van der Waals surface area contributed by atoms with Crippen LogP contribution in [0.15, 0.2) is 91.0 Å². The van der Waals surface area contributed by atoms with E-state index in [1.54, 1.807) is 21.9 Å². The predicted octanol–water partition coefficient (Wildman–Crippen LogP) is 7.82. The van der Waals surface area contributed by atoms with E-state index >= 15 is 0 Å². The highest BCUT2D eigenvalue weighted by Crippen LogP contribution is 2.42. The molecule has 0 fully saturated rings. The standard InChI is InChI=1S/C51H50N4O8/c1-29(2)44(56)15-10-16-53(4)36-19-31(27-62-46-24-35-23-45(57)42-21-33-11-6-8-13-40(33)54(42)50(59)37(35)17-30(46)3)18-32(20-36)28-63-48-26-39-38(25-47(48)61-5)51(60)55-41-14-9-7-12-34(41)22-43(55)49(58)52-39/h6-9,11-14,17-20,24-26,29,42-43H,10,15-16,21-23,27-28H2,1-5H3,(H,52,58)/t42-,43-/m0/s1. The number of hydrogen-bond acceptors (Lipinski definition) is 9. The Morgan fingerprint density at radius 1 is 0.746 bits per heavy atom. The summed E-state index contributed by atoms with van der Waals surface area (Å²) < 4.78 is 18.7. The molecule has 4 aliphatic heterocycles. The summed E-state index contributed by atoms with van der Waals surface area (Å²) in [7, 11) is 3.49. The summed E-state index contributed by atoms with van der Waals surface area (Å²) in [6.45, 7) is 6.67. The van der Waals surface area contributed by atoms with Gasteiger partial charge in [-0.1, -0.05) is 50.2 Å². The maximum absolute atomic E-state index is 14.0. The molecule has 0 saturated heterocycles. The van der Waals surface area contributed by atoms with Gasteiger partial charge in [-0.15, -0.1) is 0 Å². The van der Waals surface area contributed by atoms with Crippen molar-refractivity contribution in [3.05, 3.63) is 136 Å². The number of benzene rings is 5. The third-order valence-corrected chi connectivity index (χ3v) is 12.7. The van der Waals surface area contributed by atoms with Crippen LogP contribution in [0.1, 0.15) is 80.8 Å².